The van der Waals surface area contributed by atoms with Gasteiger partial charge in [0.1, 0.15) is 0 Å². The standard InChI is InChI=1S/C12H19N3.ClH/c1-9-3-4-14-5-11(9)7-15-6-10(2)12(13)8-15;/h3-5,10,12H,6-8,13H2,1-2H3;1H. The van der Waals surface area contributed by atoms with Crippen LogP contribution in [0, 0.1) is 12.8 Å². The Hall–Kier alpha value is -0.640. The second kappa shape index (κ2) is 5.62. The Bertz CT molecular complexity index is 333. The summed E-state index contributed by atoms with van der Waals surface area (Å²) >= 11 is 0. The highest BCUT2D eigenvalue weighted by Crippen LogP contribution is 2.18. The molecule has 0 bridgehead atoms. The van der Waals surface area contributed by atoms with Gasteiger partial charge in [0.25, 0.3) is 0 Å². The van der Waals surface area contributed by atoms with Crippen LogP contribution in [0.1, 0.15) is 18.1 Å². The lowest BCUT2D eigenvalue weighted by Gasteiger charge is -2.16. The normalized spacial score (nSPS) is 25.4. The van der Waals surface area contributed by atoms with Crippen molar-refractivity contribution in [3.63, 3.8) is 0 Å². The number of rotatable bonds is 2. The first-order valence-electron chi connectivity index (χ1n) is 5.54. The van der Waals surface area contributed by atoms with E-state index in [2.05, 4.69) is 29.8 Å². The van der Waals surface area contributed by atoms with Gasteiger partial charge in [-0.25, -0.2) is 0 Å². The topological polar surface area (TPSA) is 42.2 Å². The quantitative estimate of drug-likeness (QED) is 0.855. The van der Waals surface area contributed by atoms with Crippen LogP contribution >= 0.6 is 12.4 Å². The maximum absolute atomic E-state index is 6.00. The lowest BCUT2D eigenvalue weighted by atomic mass is 10.1. The maximum atomic E-state index is 6.00. The minimum Gasteiger partial charge on any atom is -0.326 e. The van der Waals surface area contributed by atoms with E-state index < -0.39 is 0 Å². The Morgan fingerprint density at radius 2 is 2.25 bits per heavy atom. The zero-order valence-corrected chi connectivity index (χ0v) is 10.7. The van der Waals surface area contributed by atoms with Gasteiger partial charge < -0.3 is 5.73 Å². The molecule has 0 radical (unpaired) electrons. The number of hydrogen-bond donors (Lipinski definition) is 1. The Morgan fingerprint density at radius 1 is 1.50 bits per heavy atom. The van der Waals surface area contributed by atoms with E-state index in [0.29, 0.717) is 12.0 Å². The maximum Gasteiger partial charge on any atom is 0.0315 e. The molecule has 0 aliphatic carbocycles. The summed E-state index contributed by atoms with van der Waals surface area (Å²) in [6.45, 7) is 7.46. The molecule has 1 aliphatic heterocycles. The highest BCUT2D eigenvalue weighted by molar-refractivity contribution is 5.85. The van der Waals surface area contributed by atoms with Crippen molar-refractivity contribution in [2.75, 3.05) is 13.1 Å². The van der Waals surface area contributed by atoms with Gasteiger partial charge >= 0.3 is 0 Å². The minimum absolute atomic E-state index is 0. The molecule has 3 nitrogen and oxygen atoms in total. The molecule has 0 aromatic carbocycles. The molecule has 2 atom stereocenters. The zero-order chi connectivity index (χ0) is 10.8. The van der Waals surface area contributed by atoms with Gasteiger partial charge in [0, 0.05) is 38.1 Å². The van der Waals surface area contributed by atoms with Crippen molar-refractivity contribution in [1.29, 1.82) is 0 Å². The number of nitrogens with two attached hydrogens (primary N) is 1. The van der Waals surface area contributed by atoms with Crippen molar-refractivity contribution in [2.45, 2.75) is 26.4 Å². The summed E-state index contributed by atoms with van der Waals surface area (Å²) in [5.41, 5.74) is 8.64. The first-order chi connectivity index (χ1) is 7.16. The van der Waals surface area contributed by atoms with Crippen molar-refractivity contribution in [1.82, 2.24) is 9.88 Å². The van der Waals surface area contributed by atoms with Crippen LogP contribution in [-0.2, 0) is 6.54 Å². The van der Waals surface area contributed by atoms with E-state index >= 15 is 0 Å². The number of halogens is 1. The lowest BCUT2D eigenvalue weighted by molar-refractivity contribution is 0.318. The zero-order valence-electron chi connectivity index (χ0n) is 9.89. The van der Waals surface area contributed by atoms with E-state index in [0.717, 1.165) is 19.6 Å². The predicted molar refractivity (Wildman–Crippen MR) is 68.6 cm³/mol. The third-order valence-electron chi connectivity index (χ3n) is 3.29. The van der Waals surface area contributed by atoms with Crippen molar-refractivity contribution in [3.05, 3.63) is 29.6 Å². The average molecular weight is 242 g/mol. The molecule has 1 aromatic heterocycles. The molecule has 0 saturated carbocycles. The molecule has 90 valence electrons. The monoisotopic (exact) mass is 241 g/mol. The van der Waals surface area contributed by atoms with Crippen molar-refractivity contribution < 1.29 is 0 Å². The summed E-state index contributed by atoms with van der Waals surface area (Å²) in [6.07, 6.45) is 3.81. The molecule has 1 aliphatic rings. The Balaban J connectivity index is 0.00000128. The van der Waals surface area contributed by atoms with Gasteiger partial charge in [0.2, 0.25) is 0 Å². The van der Waals surface area contributed by atoms with Crippen LogP contribution in [0.15, 0.2) is 18.5 Å². The molecule has 2 N–H and O–H groups in total. The van der Waals surface area contributed by atoms with E-state index in [4.69, 9.17) is 5.73 Å². The second-order valence-electron chi connectivity index (χ2n) is 4.64. The molecule has 2 heterocycles. The molecule has 4 heteroatoms. The number of nitrogens with zero attached hydrogens (tertiary/aromatic N) is 2. The molecular weight excluding hydrogens is 222 g/mol. The molecule has 0 spiro atoms. The van der Waals surface area contributed by atoms with Crippen molar-refractivity contribution in [2.24, 2.45) is 11.7 Å². The van der Waals surface area contributed by atoms with Gasteiger partial charge in [-0.05, 0) is 30.0 Å². The van der Waals surface area contributed by atoms with Crippen LogP contribution in [0.2, 0.25) is 0 Å². The van der Waals surface area contributed by atoms with Crippen LogP contribution in [-0.4, -0.2) is 29.0 Å². The van der Waals surface area contributed by atoms with Crippen LogP contribution in [0.5, 0.6) is 0 Å². The molecule has 1 aromatic rings. The van der Waals surface area contributed by atoms with Gasteiger partial charge in [-0.1, -0.05) is 6.92 Å². The van der Waals surface area contributed by atoms with Crippen molar-refractivity contribution >= 4 is 12.4 Å². The van der Waals surface area contributed by atoms with Gasteiger partial charge in [0.15, 0.2) is 0 Å². The minimum atomic E-state index is 0. The Morgan fingerprint density at radius 3 is 2.81 bits per heavy atom. The SMILES string of the molecule is Cc1ccncc1CN1CC(C)C(N)C1.Cl. The second-order valence-corrected chi connectivity index (χ2v) is 4.64. The predicted octanol–water partition coefficient (Wildman–Crippen LogP) is 1.59. The summed E-state index contributed by atoms with van der Waals surface area (Å²) in [5, 5.41) is 0. The van der Waals surface area contributed by atoms with Crippen molar-refractivity contribution in [3.8, 4) is 0 Å². The highest BCUT2D eigenvalue weighted by atomic mass is 35.5. The summed E-state index contributed by atoms with van der Waals surface area (Å²) in [7, 11) is 0. The first-order valence-corrected chi connectivity index (χ1v) is 5.54. The fourth-order valence-corrected chi connectivity index (χ4v) is 2.13. The van der Waals surface area contributed by atoms with E-state index in [-0.39, 0.29) is 12.4 Å². The number of aryl methyl sites for hydroxylation is 1. The molecule has 2 rings (SSSR count). The lowest BCUT2D eigenvalue weighted by Crippen LogP contribution is -2.28. The smallest absolute Gasteiger partial charge is 0.0315 e. The fraction of sp³-hybridized carbons (Fsp3) is 0.583. The molecular formula is C12H20ClN3. The average Bonchev–Trinajstić information content (AvgIpc) is 2.50. The third kappa shape index (κ3) is 2.94. The summed E-state index contributed by atoms with van der Waals surface area (Å²) < 4.78 is 0. The fourth-order valence-electron chi connectivity index (χ4n) is 2.13. The molecule has 1 saturated heterocycles. The Labute approximate surface area is 103 Å². The van der Waals surface area contributed by atoms with Crippen LogP contribution in [0.3, 0.4) is 0 Å². The number of hydrogen-bond acceptors (Lipinski definition) is 3. The number of likely N-dealkylation sites (tertiary alicyclic amines) is 1. The van der Waals surface area contributed by atoms with Gasteiger partial charge in [-0.2, -0.15) is 0 Å². The van der Waals surface area contributed by atoms with Crippen LogP contribution < -0.4 is 5.73 Å². The van der Waals surface area contributed by atoms with Crippen LogP contribution in [0.4, 0.5) is 0 Å². The summed E-state index contributed by atoms with van der Waals surface area (Å²) in [5.74, 6) is 0.613. The van der Waals surface area contributed by atoms with Gasteiger partial charge in [0.05, 0.1) is 0 Å². The van der Waals surface area contributed by atoms with E-state index in [1.807, 2.05) is 12.4 Å². The first kappa shape index (κ1) is 13.4. The molecule has 0 amide bonds. The number of aromatic nitrogens is 1. The van der Waals surface area contributed by atoms with E-state index in [1.54, 1.807) is 0 Å². The Kier molecular flexibility index (Phi) is 4.71. The summed E-state index contributed by atoms with van der Waals surface area (Å²) in [4.78, 5) is 6.58. The van der Waals surface area contributed by atoms with Gasteiger partial charge in [-0.3, -0.25) is 9.88 Å². The third-order valence-corrected chi connectivity index (χ3v) is 3.29. The molecule has 2 unspecified atom stereocenters. The van der Waals surface area contributed by atoms with Gasteiger partial charge in [-0.15, -0.1) is 12.4 Å². The van der Waals surface area contributed by atoms with Crippen LogP contribution in [0.25, 0.3) is 0 Å². The highest BCUT2D eigenvalue weighted by Gasteiger charge is 2.26. The summed E-state index contributed by atoms with van der Waals surface area (Å²) in [6, 6.07) is 2.40. The van der Waals surface area contributed by atoms with E-state index in [1.165, 1.54) is 11.1 Å². The number of pyridine rings is 1. The molecule has 16 heavy (non-hydrogen) atoms. The van der Waals surface area contributed by atoms with E-state index in [9.17, 15) is 0 Å². The largest absolute Gasteiger partial charge is 0.326 e. The molecule has 1 fully saturated rings.